The molecule has 2 aromatic heterocycles. The molecule has 132 valence electrons. The standard InChI is InChI=1S/C18H20N2O5/c1-2-3-10-23-16(25-18(22)15-7-5-9-20-12-15)13-24-17(21)14-6-4-8-19-11-14/h4-9,11-12,16H,2-3,10,13H2,1H3. The van der Waals surface area contributed by atoms with Crippen LogP contribution in [-0.2, 0) is 14.2 Å². The van der Waals surface area contributed by atoms with Crippen molar-refractivity contribution in [1.82, 2.24) is 9.97 Å². The van der Waals surface area contributed by atoms with Crippen LogP contribution in [-0.4, -0.2) is 41.4 Å². The van der Waals surface area contributed by atoms with Crippen LogP contribution < -0.4 is 0 Å². The molecule has 0 saturated heterocycles. The van der Waals surface area contributed by atoms with E-state index in [0.717, 1.165) is 12.8 Å². The number of nitrogens with zero attached hydrogens (tertiary/aromatic N) is 2. The zero-order chi connectivity index (χ0) is 17.9. The van der Waals surface area contributed by atoms with E-state index >= 15 is 0 Å². The predicted octanol–water partition coefficient (Wildman–Crippen LogP) is 2.63. The van der Waals surface area contributed by atoms with Crippen LogP contribution >= 0.6 is 0 Å². The zero-order valence-electron chi connectivity index (χ0n) is 14.0. The van der Waals surface area contributed by atoms with Crippen LogP contribution in [0.2, 0.25) is 0 Å². The van der Waals surface area contributed by atoms with E-state index in [0.29, 0.717) is 17.7 Å². The van der Waals surface area contributed by atoms with Gasteiger partial charge in [-0.15, -0.1) is 0 Å². The predicted molar refractivity (Wildman–Crippen MR) is 88.8 cm³/mol. The molecule has 25 heavy (non-hydrogen) atoms. The van der Waals surface area contributed by atoms with Crippen LogP contribution in [0.1, 0.15) is 40.5 Å². The highest BCUT2D eigenvalue weighted by atomic mass is 16.7. The Balaban J connectivity index is 1.93. The summed E-state index contributed by atoms with van der Waals surface area (Å²) >= 11 is 0. The Morgan fingerprint density at radius 3 is 2.24 bits per heavy atom. The van der Waals surface area contributed by atoms with Crippen LogP contribution in [0.5, 0.6) is 0 Å². The molecule has 2 rings (SSSR count). The third kappa shape index (κ3) is 6.31. The molecule has 0 bridgehead atoms. The van der Waals surface area contributed by atoms with E-state index in [4.69, 9.17) is 14.2 Å². The highest BCUT2D eigenvalue weighted by Crippen LogP contribution is 2.07. The average Bonchev–Trinajstić information content (AvgIpc) is 2.67. The molecule has 0 radical (unpaired) electrons. The highest BCUT2D eigenvalue weighted by Gasteiger charge is 2.19. The largest absolute Gasteiger partial charge is 0.455 e. The van der Waals surface area contributed by atoms with E-state index in [9.17, 15) is 9.59 Å². The molecule has 0 fully saturated rings. The van der Waals surface area contributed by atoms with Gasteiger partial charge in [0.1, 0.15) is 0 Å². The van der Waals surface area contributed by atoms with Gasteiger partial charge in [0, 0.05) is 24.8 Å². The van der Waals surface area contributed by atoms with Crippen molar-refractivity contribution >= 4 is 11.9 Å². The monoisotopic (exact) mass is 344 g/mol. The first-order chi connectivity index (χ1) is 12.2. The molecule has 0 saturated carbocycles. The Morgan fingerprint density at radius 2 is 1.68 bits per heavy atom. The van der Waals surface area contributed by atoms with Crippen molar-refractivity contribution in [2.45, 2.75) is 26.1 Å². The van der Waals surface area contributed by atoms with Crippen LogP contribution in [0.4, 0.5) is 0 Å². The van der Waals surface area contributed by atoms with Crippen LogP contribution in [0.15, 0.2) is 49.1 Å². The zero-order valence-corrected chi connectivity index (χ0v) is 14.0. The summed E-state index contributed by atoms with van der Waals surface area (Å²) in [5.41, 5.74) is 0.610. The van der Waals surface area contributed by atoms with Crippen LogP contribution in [0, 0.1) is 0 Å². The molecule has 1 unspecified atom stereocenters. The van der Waals surface area contributed by atoms with E-state index in [-0.39, 0.29) is 6.61 Å². The minimum Gasteiger partial charge on any atom is -0.455 e. The van der Waals surface area contributed by atoms with Gasteiger partial charge in [0.2, 0.25) is 6.29 Å². The molecule has 2 aromatic rings. The summed E-state index contributed by atoms with van der Waals surface area (Å²) in [5.74, 6) is -1.15. The van der Waals surface area contributed by atoms with Gasteiger partial charge in [-0.25, -0.2) is 9.59 Å². The fourth-order valence-corrected chi connectivity index (χ4v) is 1.86. The Kier molecular flexibility index (Phi) is 7.52. The lowest BCUT2D eigenvalue weighted by molar-refractivity contribution is -0.134. The third-order valence-corrected chi connectivity index (χ3v) is 3.19. The van der Waals surface area contributed by atoms with E-state index < -0.39 is 18.2 Å². The third-order valence-electron chi connectivity index (χ3n) is 3.19. The molecule has 0 aliphatic rings. The first-order valence-corrected chi connectivity index (χ1v) is 8.00. The number of carbonyl (C=O) groups excluding carboxylic acids is 2. The van der Waals surface area contributed by atoms with E-state index in [1.54, 1.807) is 36.7 Å². The Bertz CT molecular complexity index is 664. The molecular formula is C18H20N2O5. The summed E-state index contributed by atoms with van der Waals surface area (Å²) in [6, 6.07) is 6.43. The summed E-state index contributed by atoms with van der Waals surface area (Å²) in [5, 5.41) is 0. The molecular weight excluding hydrogens is 324 g/mol. The highest BCUT2D eigenvalue weighted by molar-refractivity contribution is 5.89. The molecule has 0 aromatic carbocycles. The number of esters is 2. The second kappa shape index (κ2) is 10.1. The second-order valence-corrected chi connectivity index (χ2v) is 5.14. The van der Waals surface area contributed by atoms with Gasteiger partial charge in [-0.2, -0.15) is 0 Å². The van der Waals surface area contributed by atoms with Gasteiger partial charge in [-0.05, 0) is 30.7 Å². The van der Waals surface area contributed by atoms with Crippen molar-refractivity contribution in [2.75, 3.05) is 13.2 Å². The number of aromatic nitrogens is 2. The quantitative estimate of drug-likeness (QED) is 0.392. The van der Waals surface area contributed by atoms with Crippen LogP contribution in [0.3, 0.4) is 0 Å². The topological polar surface area (TPSA) is 87.6 Å². The Morgan fingerprint density at radius 1 is 1.04 bits per heavy atom. The molecule has 2 heterocycles. The number of carbonyl (C=O) groups is 2. The van der Waals surface area contributed by atoms with Crippen molar-refractivity contribution in [1.29, 1.82) is 0 Å². The maximum atomic E-state index is 12.1. The smallest absolute Gasteiger partial charge is 0.342 e. The molecule has 0 aliphatic heterocycles. The molecule has 0 amide bonds. The number of hydrogen-bond donors (Lipinski definition) is 0. The Hall–Kier alpha value is -2.80. The molecule has 1 atom stereocenters. The fraction of sp³-hybridized carbons (Fsp3) is 0.333. The van der Waals surface area contributed by atoms with Gasteiger partial charge in [-0.1, -0.05) is 13.3 Å². The molecule has 0 aliphatic carbocycles. The summed E-state index contributed by atoms with van der Waals surface area (Å²) in [7, 11) is 0. The van der Waals surface area contributed by atoms with Gasteiger partial charge >= 0.3 is 11.9 Å². The first kappa shape index (κ1) is 18.5. The maximum Gasteiger partial charge on any atom is 0.342 e. The average molecular weight is 344 g/mol. The Labute approximate surface area is 146 Å². The summed E-state index contributed by atoms with van der Waals surface area (Å²) in [6.07, 6.45) is 6.66. The summed E-state index contributed by atoms with van der Waals surface area (Å²) in [4.78, 5) is 31.8. The van der Waals surface area contributed by atoms with E-state index in [1.165, 1.54) is 12.4 Å². The number of unbranched alkanes of at least 4 members (excludes halogenated alkanes) is 1. The van der Waals surface area contributed by atoms with Crippen LogP contribution in [0.25, 0.3) is 0 Å². The molecule has 7 nitrogen and oxygen atoms in total. The molecule has 0 N–H and O–H groups in total. The summed E-state index contributed by atoms with van der Waals surface area (Å²) in [6.45, 7) is 2.21. The lowest BCUT2D eigenvalue weighted by atomic mass is 10.3. The maximum absolute atomic E-state index is 12.1. The SMILES string of the molecule is CCCCOC(COC(=O)c1cccnc1)OC(=O)c1cccnc1. The first-order valence-electron chi connectivity index (χ1n) is 8.00. The van der Waals surface area contributed by atoms with Gasteiger partial charge in [0.15, 0.2) is 6.61 Å². The van der Waals surface area contributed by atoms with E-state index in [2.05, 4.69) is 9.97 Å². The van der Waals surface area contributed by atoms with Crippen molar-refractivity contribution < 1.29 is 23.8 Å². The van der Waals surface area contributed by atoms with Gasteiger partial charge in [0.25, 0.3) is 0 Å². The number of pyridine rings is 2. The molecule has 7 heteroatoms. The second-order valence-electron chi connectivity index (χ2n) is 5.14. The van der Waals surface area contributed by atoms with E-state index in [1.807, 2.05) is 6.92 Å². The minimum atomic E-state index is -0.986. The molecule has 0 spiro atoms. The number of rotatable bonds is 9. The van der Waals surface area contributed by atoms with Crippen molar-refractivity contribution in [3.8, 4) is 0 Å². The lowest BCUT2D eigenvalue weighted by Gasteiger charge is -2.18. The van der Waals surface area contributed by atoms with Crippen molar-refractivity contribution in [3.63, 3.8) is 0 Å². The summed E-state index contributed by atoms with van der Waals surface area (Å²) < 4.78 is 15.9. The van der Waals surface area contributed by atoms with Gasteiger partial charge in [-0.3, -0.25) is 9.97 Å². The van der Waals surface area contributed by atoms with Gasteiger partial charge in [0.05, 0.1) is 17.7 Å². The van der Waals surface area contributed by atoms with Crippen molar-refractivity contribution in [3.05, 3.63) is 60.2 Å². The number of ether oxygens (including phenoxy) is 3. The van der Waals surface area contributed by atoms with Gasteiger partial charge < -0.3 is 14.2 Å². The number of hydrogen-bond acceptors (Lipinski definition) is 7. The fourth-order valence-electron chi connectivity index (χ4n) is 1.86. The normalized spacial score (nSPS) is 11.6. The van der Waals surface area contributed by atoms with Crippen molar-refractivity contribution in [2.24, 2.45) is 0 Å². The lowest BCUT2D eigenvalue weighted by Crippen LogP contribution is -2.28. The minimum absolute atomic E-state index is 0.205.